The zero-order valence-electron chi connectivity index (χ0n) is 8.51. The highest BCUT2D eigenvalue weighted by Gasteiger charge is 2.46. The zero-order valence-corrected chi connectivity index (χ0v) is 8.51. The molecule has 0 radical (unpaired) electrons. The highest BCUT2D eigenvalue weighted by Crippen LogP contribution is 2.34. The molecule has 1 heterocycles. The molecule has 0 bridgehead atoms. The molecule has 4 heteroatoms. The summed E-state index contributed by atoms with van der Waals surface area (Å²) in [5, 5.41) is 2.97. The number of amides is 2. The lowest BCUT2D eigenvalue weighted by Crippen LogP contribution is -2.54. The quantitative estimate of drug-likeness (QED) is 0.617. The van der Waals surface area contributed by atoms with Gasteiger partial charge in [-0.3, -0.25) is 9.59 Å². The summed E-state index contributed by atoms with van der Waals surface area (Å²) in [6, 6.07) is 0. The first-order chi connectivity index (χ1) is 6.64. The molecule has 4 nitrogen and oxygen atoms in total. The summed E-state index contributed by atoms with van der Waals surface area (Å²) in [6.07, 6.45) is 5.24. The van der Waals surface area contributed by atoms with Gasteiger partial charge in [-0.1, -0.05) is 6.42 Å². The minimum absolute atomic E-state index is 0.00486. The second-order valence-electron chi connectivity index (χ2n) is 4.25. The van der Waals surface area contributed by atoms with Crippen LogP contribution in [0.4, 0.5) is 0 Å². The first-order valence-corrected chi connectivity index (χ1v) is 5.23. The van der Waals surface area contributed by atoms with E-state index in [4.69, 9.17) is 0 Å². The van der Waals surface area contributed by atoms with Crippen molar-refractivity contribution in [2.45, 2.75) is 44.7 Å². The van der Waals surface area contributed by atoms with Crippen LogP contribution >= 0.6 is 0 Å². The molecule has 1 saturated carbocycles. The normalized spacial score (nSPS) is 25.2. The van der Waals surface area contributed by atoms with E-state index in [1.54, 1.807) is 4.90 Å². The van der Waals surface area contributed by atoms with E-state index in [9.17, 15) is 9.59 Å². The average molecular weight is 196 g/mol. The third-order valence-electron chi connectivity index (χ3n) is 3.25. The van der Waals surface area contributed by atoms with E-state index in [2.05, 4.69) is 5.32 Å². The van der Waals surface area contributed by atoms with Crippen LogP contribution in [0.5, 0.6) is 0 Å². The summed E-state index contributed by atoms with van der Waals surface area (Å²) < 4.78 is 0. The number of nitrogens with one attached hydrogen (secondary N) is 1. The molecule has 78 valence electrons. The predicted molar refractivity (Wildman–Crippen MR) is 51.3 cm³/mol. The summed E-state index contributed by atoms with van der Waals surface area (Å²) in [4.78, 5) is 24.4. The van der Waals surface area contributed by atoms with Gasteiger partial charge < -0.3 is 10.2 Å². The SMILES string of the molecule is CC(=O)N1CC(=O)NC12CCCCC2. The van der Waals surface area contributed by atoms with Gasteiger partial charge in [0.1, 0.15) is 12.2 Å². The molecule has 2 rings (SSSR count). The van der Waals surface area contributed by atoms with Gasteiger partial charge in [0, 0.05) is 6.92 Å². The monoisotopic (exact) mass is 196 g/mol. The lowest BCUT2D eigenvalue weighted by molar-refractivity contribution is -0.135. The Morgan fingerprint density at radius 3 is 2.57 bits per heavy atom. The molecule has 0 atom stereocenters. The van der Waals surface area contributed by atoms with Crippen molar-refractivity contribution in [3.05, 3.63) is 0 Å². The van der Waals surface area contributed by atoms with Gasteiger partial charge >= 0.3 is 0 Å². The number of carbonyl (C=O) groups excluding carboxylic acids is 2. The van der Waals surface area contributed by atoms with Crippen LogP contribution < -0.4 is 5.32 Å². The maximum Gasteiger partial charge on any atom is 0.241 e. The molecular weight excluding hydrogens is 180 g/mol. The minimum Gasteiger partial charge on any atom is -0.332 e. The Bertz CT molecular complexity index is 269. The molecule has 2 fully saturated rings. The van der Waals surface area contributed by atoms with Crippen LogP contribution in [0, 0.1) is 0 Å². The molecule has 2 aliphatic rings. The van der Waals surface area contributed by atoms with Crippen LogP contribution in [0.3, 0.4) is 0 Å². The Morgan fingerprint density at radius 2 is 2.00 bits per heavy atom. The van der Waals surface area contributed by atoms with E-state index in [-0.39, 0.29) is 24.0 Å². The van der Waals surface area contributed by atoms with Gasteiger partial charge in [0.2, 0.25) is 11.8 Å². The summed E-state index contributed by atoms with van der Waals surface area (Å²) in [5.74, 6) is -0.00708. The standard InChI is InChI=1S/C10H16N2O2/c1-8(13)12-7-9(14)11-10(12)5-3-2-4-6-10/h2-7H2,1H3,(H,11,14). The number of carbonyl (C=O) groups is 2. The molecule has 0 unspecified atom stereocenters. The molecule has 1 saturated heterocycles. The predicted octanol–water partition coefficient (Wildman–Crippen LogP) is 0.625. The third kappa shape index (κ3) is 1.38. The molecule has 0 aromatic heterocycles. The van der Waals surface area contributed by atoms with Crippen molar-refractivity contribution in [1.82, 2.24) is 10.2 Å². The van der Waals surface area contributed by atoms with E-state index in [0.29, 0.717) is 0 Å². The number of rotatable bonds is 0. The third-order valence-corrected chi connectivity index (χ3v) is 3.25. The number of nitrogens with zero attached hydrogens (tertiary/aromatic N) is 1. The molecule has 1 aliphatic carbocycles. The van der Waals surface area contributed by atoms with Crippen molar-refractivity contribution in [2.24, 2.45) is 0 Å². The van der Waals surface area contributed by atoms with Crippen LogP contribution in [0.2, 0.25) is 0 Å². The average Bonchev–Trinajstić information content (AvgIpc) is 2.44. The zero-order chi connectivity index (χ0) is 10.2. The van der Waals surface area contributed by atoms with Crippen molar-refractivity contribution < 1.29 is 9.59 Å². The molecule has 0 aromatic rings. The van der Waals surface area contributed by atoms with Crippen molar-refractivity contribution in [2.75, 3.05) is 6.54 Å². The molecule has 1 N–H and O–H groups in total. The van der Waals surface area contributed by atoms with Crippen LogP contribution in [-0.4, -0.2) is 28.9 Å². The van der Waals surface area contributed by atoms with Crippen LogP contribution in [0.25, 0.3) is 0 Å². The van der Waals surface area contributed by atoms with Gasteiger partial charge in [-0.25, -0.2) is 0 Å². The fraction of sp³-hybridized carbons (Fsp3) is 0.800. The summed E-state index contributed by atoms with van der Waals surface area (Å²) >= 11 is 0. The van der Waals surface area contributed by atoms with Crippen LogP contribution in [0.15, 0.2) is 0 Å². The van der Waals surface area contributed by atoms with Crippen LogP contribution in [0.1, 0.15) is 39.0 Å². The maximum atomic E-state index is 11.4. The molecule has 1 aliphatic heterocycles. The van der Waals surface area contributed by atoms with E-state index < -0.39 is 0 Å². The lowest BCUT2D eigenvalue weighted by Gasteiger charge is -2.40. The minimum atomic E-state index is -0.332. The van der Waals surface area contributed by atoms with Gasteiger partial charge in [0.05, 0.1) is 0 Å². The Labute approximate surface area is 83.6 Å². The molecular formula is C10H16N2O2. The smallest absolute Gasteiger partial charge is 0.241 e. The van der Waals surface area contributed by atoms with E-state index in [1.807, 2.05) is 0 Å². The van der Waals surface area contributed by atoms with Gasteiger partial charge in [-0.15, -0.1) is 0 Å². The van der Waals surface area contributed by atoms with Crippen molar-refractivity contribution in [1.29, 1.82) is 0 Å². The van der Waals surface area contributed by atoms with Crippen molar-refractivity contribution >= 4 is 11.8 Å². The molecule has 2 amide bonds. The Kier molecular flexibility index (Phi) is 2.21. The van der Waals surface area contributed by atoms with E-state index >= 15 is 0 Å². The fourth-order valence-electron chi connectivity index (χ4n) is 2.61. The highest BCUT2D eigenvalue weighted by atomic mass is 16.2. The fourth-order valence-corrected chi connectivity index (χ4v) is 2.61. The maximum absolute atomic E-state index is 11.4. The summed E-state index contributed by atoms with van der Waals surface area (Å²) in [6.45, 7) is 1.78. The van der Waals surface area contributed by atoms with Gasteiger partial charge in [0.15, 0.2) is 0 Å². The molecule has 1 spiro atoms. The Hall–Kier alpha value is -1.06. The van der Waals surface area contributed by atoms with Crippen LogP contribution in [-0.2, 0) is 9.59 Å². The topological polar surface area (TPSA) is 49.4 Å². The van der Waals surface area contributed by atoms with E-state index in [1.165, 1.54) is 13.3 Å². The largest absolute Gasteiger partial charge is 0.332 e. The lowest BCUT2D eigenvalue weighted by atomic mass is 9.88. The first-order valence-electron chi connectivity index (χ1n) is 5.23. The van der Waals surface area contributed by atoms with Crippen molar-refractivity contribution in [3.8, 4) is 0 Å². The van der Waals surface area contributed by atoms with Gasteiger partial charge in [-0.05, 0) is 25.7 Å². The summed E-state index contributed by atoms with van der Waals surface area (Å²) in [5.41, 5.74) is -0.332. The Balaban J connectivity index is 2.21. The van der Waals surface area contributed by atoms with E-state index in [0.717, 1.165) is 25.7 Å². The molecule has 14 heavy (non-hydrogen) atoms. The summed E-state index contributed by atoms with van der Waals surface area (Å²) in [7, 11) is 0. The van der Waals surface area contributed by atoms with Gasteiger partial charge in [-0.2, -0.15) is 0 Å². The first kappa shape index (κ1) is 9.49. The molecule has 0 aromatic carbocycles. The Morgan fingerprint density at radius 1 is 1.36 bits per heavy atom. The number of hydrogen-bond acceptors (Lipinski definition) is 2. The second-order valence-corrected chi connectivity index (χ2v) is 4.25. The second kappa shape index (κ2) is 3.26. The number of hydrogen-bond donors (Lipinski definition) is 1. The highest BCUT2D eigenvalue weighted by molar-refractivity contribution is 5.88. The van der Waals surface area contributed by atoms with Gasteiger partial charge in [0.25, 0.3) is 0 Å². The van der Waals surface area contributed by atoms with Crippen molar-refractivity contribution in [3.63, 3.8) is 0 Å².